The highest BCUT2D eigenvalue weighted by Gasteiger charge is 2.42. The third-order valence-electron chi connectivity index (χ3n) is 2.81. The highest BCUT2D eigenvalue weighted by molar-refractivity contribution is 5.77. The molecule has 0 unspecified atom stereocenters. The van der Waals surface area contributed by atoms with Crippen molar-refractivity contribution in [2.24, 2.45) is 0 Å². The second kappa shape index (κ2) is 4.21. The summed E-state index contributed by atoms with van der Waals surface area (Å²) < 4.78 is 1.49. The first-order valence-corrected chi connectivity index (χ1v) is 5.47. The fraction of sp³-hybridized carbons (Fsp3) is 0.700. The molecule has 0 aromatic carbocycles. The summed E-state index contributed by atoms with van der Waals surface area (Å²) in [5.74, 6) is -0.0220. The van der Waals surface area contributed by atoms with Crippen molar-refractivity contribution in [3.8, 4) is 0 Å². The minimum Gasteiger partial charge on any atom is -0.386 e. The summed E-state index contributed by atoms with van der Waals surface area (Å²) >= 11 is 0. The fourth-order valence-corrected chi connectivity index (χ4v) is 2.02. The first-order chi connectivity index (χ1) is 7.63. The van der Waals surface area contributed by atoms with E-state index in [1.54, 1.807) is 11.1 Å². The number of hydrogen-bond donors (Lipinski definition) is 1. The standard InChI is InChI=1S/C10H16N4O2/c1-2-3-10(16)7-13(8-10)9(15)6-14-5-4-11-12-14/h4-5,16H,2-3,6-8H2,1H3. The normalized spacial score (nSPS) is 18.2. The SMILES string of the molecule is CCCC1(O)CN(C(=O)Cn2ccnn2)C1. The second-order valence-corrected chi connectivity index (χ2v) is 4.32. The van der Waals surface area contributed by atoms with Gasteiger partial charge in [0.15, 0.2) is 0 Å². The number of nitrogens with zero attached hydrogens (tertiary/aromatic N) is 4. The molecule has 6 nitrogen and oxygen atoms in total. The number of aromatic nitrogens is 3. The molecule has 1 amide bonds. The highest BCUT2D eigenvalue weighted by Crippen LogP contribution is 2.25. The van der Waals surface area contributed by atoms with Gasteiger partial charge in [0.1, 0.15) is 6.54 Å². The van der Waals surface area contributed by atoms with Gasteiger partial charge in [0, 0.05) is 6.20 Å². The van der Waals surface area contributed by atoms with Crippen LogP contribution >= 0.6 is 0 Å². The average Bonchev–Trinajstić information content (AvgIpc) is 2.66. The van der Waals surface area contributed by atoms with E-state index in [4.69, 9.17) is 0 Å². The number of amides is 1. The molecule has 0 radical (unpaired) electrons. The zero-order valence-corrected chi connectivity index (χ0v) is 9.33. The van der Waals surface area contributed by atoms with Crippen molar-refractivity contribution in [1.29, 1.82) is 0 Å². The molecule has 1 aromatic rings. The number of carbonyl (C=O) groups is 1. The summed E-state index contributed by atoms with van der Waals surface area (Å²) in [6, 6.07) is 0. The molecule has 0 aliphatic carbocycles. The van der Waals surface area contributed by atoms with Crippen LogP contribution < -0.4 is 0 Å². The number of β-amino-alcohol motifs (C(OH)–C–C–N with tert-alkyl or cyclic N) is 1. The molecule has 0 saturated carbocycles. The molecule has 1 saturated heterocycles. The predicted molar refractivity (Wildman–Crippen MR) is 56.5 cm³/mol. The third kappa shape index (κ3) is 2.21. The van der Waals surface area contributed by atoms with Gasteiger partial charge in [-0.05, 0) is 6.42 Å². The predicted octanol–water partition coefficient (Wildman–Crippen LogP) is -0.349. The Morgan fingerprint density at radius 1 is 1.56 bits per heavy atom. The molecular weight excluding hydrogens is 208 g/mol. The van der Waals surface area contributed by atoms with Gasteiger partial charge in [-0.3, -0.25) is 4.79 Å². The van der Waals surface area contributed by atoms with Crippen molar-refractivity contribution >= 4 is 5.91 Å². The highest BCUT2D eigenvalue weighted by atomic mass is 16.3. The number of carbonyl (C=O) groups excluding carboxylic acids is 1. The lowest BCUT2D eigenvalue weighted by atomic mass is 9.89. The van der Waals surface area contributed by atoms with Crippen molar-refractivity contribution in [1.82, 2.24) is 19.9 Å². The van der Waals surface area contributed by atoms with Crippen LogP contribution in [0.25, 0.3) is 0 Å². The fourth-order valence-electron chi connectivity index (χ4n) is 2.02. The van der Waals surface area contributed by atoms with Gasteiger partial charge >= 0.3 is 0 Å². The van der Waals surface area contributed by atoms with Crippen molar-refractivity contribution in [2.45, 2.75) is 31.9 Å². The Morgan fingerprint density at radius 2 is 2.31 bits per heavy atom. The smallest absolute Gasteiger partial charge is 0.244 e. The quantitative estimate of drug-likeness (QED) is 0.759. The molecule has 88 valence electrons. The number of aliphatic hydroxyl groups is 1. The molecule has 2 rings (SSSR count). The minimum atomic E-state index is -0.660. The Bertz CT molecular complexity index is 357. The molecule has 1 aliphatic rings. The maximum Gasteiger partial charge on any atom is 0.244 e. The van der Waals surface area contributed by atoms with Gasteiger partial charge in [0.05, 0.1) is 24.9 Å². The molecule has 1 fully saturated rings. The topological polar surface area (TPSA) is 71.2 Å². The van der Waals surface area contributed by atoms with Crippen LogP contribution in [0.15, 0.2) is 12.4 Å². The van der Waals surface area contributed by atoms with Crippen LogP contribution in [-0.4, -0.2) is 49.6 Å². The van der Waals surface area contributed by atoms with E-state index in [2.05, 4.69) is 10.3 Å². The summed E-state index contributed by atoms with van der Waals surface area (Å²) in [6.07, 6.45) is 4.87. The minimum absolute atomic E-state index is 0.0220. The molecule has 0 atom stereocenters. The molecule has 1 aromatic heterocycles. The van der Waals surface area contributed by atoms with E-state index in [1.165, 1.54) is 10.9 Å². The van der Waals surface area contributed by atoms with Crippen LogP contribution in [0.2, 0.25) is 0 Å². The van der Waals surface area contributed by atoms with Gasteiger partial charge in [-0.2, -0.15) is 0 Å². The summed E-state index contributed by atoms with van der Waals surface area (Å²) in [7, 11) is 0. The van der Waals surface area contributed by atoms with E-state index >= 15 is 0 Å². The third-order valence-corrected chi connectivity index (χ3v) is 2.81. The lowest BCUT2D eigenvalue weighted by Gasteiger charge is -2.46. The second-order valence-electron chi connectivity index (χ2n) is 4.32. The van der Waals surface area contributed by atoms with Gasteiger partial charge in [0.25, 0.3) is 0 Å². The molecular formula is C10H16N4O2. The number of rotatable bonds is 4. The molecule has 0 spiro atoms. The number of hydrogen-bond acceptors (Lipinski definition) is 4. The zero-order valence-electron chi connectivity index (χ0n) is 9.33. The van der Waals surface area contributed by atoms with E-state index in [-0.39, 0.29) is 12.5 Å². The first kappa shape index (κ1) is 11.1. The van der Waals surface area contributed by atoms with Crippen molar-refractivity contribution in [2.75, 3.05) is 13.1 Å². The summed E-state index contributed by atoms with van der Waals surface area (Å²) in [4.78, 5) is 13.4. The average molecular weight is 224 g/mol. The lowest BCUT2D eigenvalue weighted by molar-refractivity contribution is -0.157. The van der Waals surface area contributed by atoms with E-state index in [1.807, 2.05) is 6.92 Å². The Hall–Kier alpha value is -1.43. The van der Waals surface area contributed by atoms with E-state index in [0.717, 1.165) is 12.8 Å². The van der Waals surface area contributed by atoms with Crippen molar-refractivity contribution < 1.29 is 9.90 Å². The van der Waals surface area contributed by atoms with Crippen molar-refractivity contribution in [3.05, 3.63) is 12.4 Å². The maximum atomic E-state index is 11.7. The van der Waals surface area contributed by atoms with Crippen LogP contribution in [0, 0.1) is 0 Å². The molecule has 1 N–H and O–H groups in total. The Balaban J connectivity index is 1.81. The van der Waals surface area contributed by atoms with E-state index < -0.39 is 5.60 Å². The van der Waals surface area contributed by atoms with Gasteiger partial charge < -0.3 is 10.0 Å². The summed E-state index contributed by atoms with van der Waals surface area (Å²) in [5, 5.41) is 17.3. The summed E-state index contributed by atoms with van der Waals surface area (Å²) in [6.45, 7) is 3.10. The van der Waals surface area contributed by atoms with E-state index in [0.29, 0.717) is 13.1 Å². The summed E-state index contributed by atoms with van der Waals surface area (Å²) in [5.41, 5.74) is -0.660. The monoisotopic (exact) mass is 224 g/mol. The van der Waals surface area contributed by atoms with E-state index in [9.17, 15) is 9.90 Å². The Labute approximate surface area is 93.9 Å². The number of likely N-dealkylation sites (tertiary alicyclic amines) is 1. The zero-order chi connectivity index (χ0) is 11.6. The molecule has 2 heterocycles. The lowest BCUT2D eigenvalue weighted by Crippen LogP contribution is -2.63. The van der Waals surface area contributed by atoms with Crippen LogP contribution in [0.5, 0.6) is 0 Å². The Morgan fingerprint density at radius 3 is 2.88 bits per heavy atom. The van der Waals surface area contributed by atoms with Gasteiger partial charge in [0.2, 0.25) is 5.91 Å². The maximum absolute atomic E-state index is 11.7. The van der Waals surface area contributed by atoms with Crippen LogP contribution in [0.1, 0.15) is 19.8 Å². The van der Waals surface area contributed by atoms with Crippen molar-refractivity contribution in [3.63, 3.8) is 0 Å². The van der Waals surface area contributed by atoms with Gasteiger partial charge in [-0.1, -0.05) is 18.6 Å². The van der Waals surface area contributed by atoms with Crippen LogP contribution in [0.3, 0.4) is 0 Å². The molecule has 16 heavy (non-hydrogen) atoms. The van der Waals surface area contributed by atoms with Gasteiger partial charge in [-0.25, -0.2) is 4.68 Å². The largest absolute Gasteiger partial charge is 0.386 e. The van der Waals surface area contributed by atoms with Gasteiger partial charge in [-0.15, -0.1) is 5.10 Å². The first-order valence-electron chi connectivity index (χ1n) is 5.47. The molecule has 0 bridgehead atoms. The molecule has 1 aliphatic heterocycles. The Kier molecular flexibility index (Phi) is 2.91. The van der Waals surface area contributed by atoms with Crippen LogP contribution in [-0.2, 0) is 11.3 Å². The van der Waals surface area contributed by atoms with Crippen LogP contribution in [0.4, 0.5) is 0 Å². The molecule has 6 heteroatoms.